The van der Waals surface area contributed by atoms with Crippen molar-refractivity contribution in [3.8, 4) is 0 Å². The average Bonchev–Trinajstić information content (AvgIpc) is 3.13. The third-order valence-electron chi connectivity index (χ3n) is 3.88. The molecule has 3 rings (SSSR count). The Morgan fingerprint density at radius 3 is 2.74 bits per heavy atom. The Morgan fingerprint density at radius 1 is 1.32 bits per heavy atom. The summed E-state index contributed by atoms with van der Waals surface area (Å²) in [7, 11) is 0. The fourth-order valence-electron chi connectivity index (χ4n) is 2.44. The summed E-state index contributed by atoms with van der Waals surface area (Å²) in [4.78, 5) is 9.00. The average molecular weight is 263 g/mol. The van der Waals surface area contributed by atoms with Gasteiger partial charge in [0.1, 0.15) is 17.5 Å². The number of hydrogen-bond donors (Lipinski definition) is 3. The van der Waals surface area contributed by atoms with Crippen LogP contribution in [0.3, 0.4) is 0 Å². The fourth-order valence-corrected chi connectivity index (χ4v) is 2.44. The summed E-state index contributed by atoms with van der Waals surface area (Å²) < 4.78 is 5.43. The number of hydrogen-bond acceptors (Lipinski definition) is 6. The molecule has 0 amide bonds. The Morgan fingerprint density at radius 2 is 2.11 bits per heavy atom. The highest BCUT2D eigenvalue weighted by molar-refractivity contribution is 5.48. The van der Waals surface area contributed by atoms with Gasteiger partial charge in [0.25, 0.3) is 0 Å². The molecule has 1 saturated carbocycles. The number of nitrogen functional groups attached to an aromatic ring is 1. The van der Waals surface area contributed by atoms with Crippen LogP contribution in [-0.4, -0.2) is 29.2 Å². The molecule has 1 aromatic rings. The van der Waals surface area contributed by atoms with E-state index in [1.54, 1.807) is 0 Å². The Bertz CT molecular complexity index is 443. The van der Waals surface area contributed by atoms with Crippen molar-refractivity contribution in [2.24, 2.45) is 11.8 Å². The molecule has 19 heavy (non-hydrogen) atoms. The lowest BCUT2D eigenvalue weighted by molar-refractivity contribution is 0.183. The van der Waals surface area contributed by atoms with Gasteiger partial charge in [0.05, 0.1) is 6.61 Å². The first-order chi connectivity index (χ1) is 9.26. The lowest BCUT2D eigenvalue weighted by Crippen LogP contribution is -2.27. The smallest absolute Gasteiger partial charge is 0.145 e. The molecule has 0 spiro atoms. The molecule has 1 saturated heterocycles. The van der Waals surface area contributed by atoms with Crippen molar-refractivity contribution < 1.29 is 4.74 Å². The van der Waals surface area contributed by atoms with E-state index in [4.69, 9.17) is 10.6 Å². The van der Waals surface area contributed by atoms with Crippen LogP contribution in [0.2, 0.25) is 0 Å². The second-order valence-electron chi connectivity index (χ2n) is 5.47. The number of nitrogens with one attached hydrogen (secondary N) is 2. The molecule has 1 aromatic heterocycles. The van der Waals surface area contributed by atoms with Gasteiger partial charge in [-0.3, -0.25) is 0 Å². The van der Waals surface area contributed by atoms with Gasteiger partial charge in [0, 0.05) is 30.6 Å². The zero-order chi connectivity index (χ0) is 13.2. The van der Waals surface area contributed by atoms with Crippen LogP contribution in [0.15, 0.2) is 6.07 Å². The van der Waals surface area contributed by atoms with E-state index in [9.17, 15) is 0 Å². The molecule has 0 bridgehead atoms. The summed E-state index contributed by atoms with van der Waals surface area (Å²) in [6, 6.07) is 2.20. The normalized spacial score (nSPS) is 24.2. The molecule has 2 aliphatic rings. The molecule has 2 atom stereocenters. The summed E-state index contributed by atoms with van der Waals surface area (Å²) in [6.07, 6.45) is 3.47. The van der Waals surface area contributed by atoms with E-state index >= 15 is 0 Å². The highest BCUT2D eigenvalue weighted by Crippen LogP contribution is 2.38. The lowest BCUT2D eigenvalue weighted by atomic mass is 10.0. The lowest BCUT2D eigenvalue weighted by Gasteiger charge is -2.20. The molecule has 1 aliphatic heterocycles. The van der Waals surface area contributed by atoms with E-state index in [1.165, 1.54) is 12.8 Å². The molecule has 0 aromatic carbocycles. The topological polar surface area (TPSA) is 85.1 Å². The second-order valence-corrected chi connectivity index (χ2v) is 5.47. The van der Waals surface area contributed by atoms with Crippen LogP contribution in [0, 0.1) is 5.92 Å². The molecular weight excluding hydrogens is 242 g/mol. The quantitative estimate of drug-likeness (QED) is 0.551. The molecule has 6 heteroatoms. The minimum absolute atomic E-state index is 0.343. The van der Waals surface area contributed by atoms with Crippen molar-refractivity contribution >= 4 is 11.6 Å². The van der Waals surface area contributed by atoms with Crippen molar-refractivity contribution in [3.05, 3.63) is 11.9 Å². The summed E-state index contributed by atoms with van der Waals surface area (Å²) in [5, 5.41) is 3.45. The van der Waals surface area contributed by atoms with Crippen molar-refractivity contribution in [2.45, 2.75) is 38.1 Å². The van der Waals surface area contributed by atoms with E-state index in [0.717, 1.165) is 31.3 Å². The van der Waals surface area contributed by atoms with Crippen LogP contribution in [0.5, 0.6) is 0 Å². The number of anilines is 2. The third kappa shape index (κ3) is 2.96. The number of rotatable bonds is 5. The van der Waals surface area contributed by atoms with Gasteiger partial charge in [0.15, 0.2) is 0 Å². The first-order valence-corrected chi connectivity index (χ1v) is 6.96. The molecular formula is C13H21N5O. The maximum absolute atomic E-state index is 5.47. The van der Waals surface area contributed by atoms with Crippen LogP contribution >= 0.6 is 0 Å². The first kappa shape index (κ1) is 12.6. The molecule has 2 fully saturated rings. The van der Waals surface area contributed by atoms with E-state index in [1.807, 2.05) is 6.07 Å². The van der Waals surface area contributed by atoms with Crippen molar-refractivity contribution in [1.82, 2.24) is 9.97 Å². The van der Waals surface area contributed by atoms with Gasteiger partial charge in [-0.25, -0.2) is 15.8 Å². The molecule has 6 nitrogen and oxygen atoms in total. The van der Waals surface area contributed by atoms with Gasteiger partial charge >= 0.3 is 0 Å². The summed E-state index contributed by atoms with van der Waals surface area (Å²) in [5.74, 6) is 8.96. The zero-order valence-corrected chi connectivity index (χ0v) is 11.2. The maximum Gasteiger partial charge on any atom is 0.145 e. The number of aromatic nitrogens is 2. The number of nitrogens with two attached hydrogens (primary N) is 1. The number of hydrazine groups is 1. The fraction of sp³-hybridized carbons (Fsp3) is 0.692. The van der Waals surface area contributed by atoms with E-state index in [0.29, 0.717) is 23.7 Å². The molecule has 0 radical (unpaired) electrons. The Hall–Kier alpha value is -1.40. The summed E-state index contributed by atoms with van der Waals surface area (Å²) >= 11 is 0. The van der Waals surface area contributed by atoms with Gasteiger partial charge in [0.2, 0.25) is 0 Å². The molecule has 104 valence electrons. The van der Waals surface area contributed by atoms with Crippen LogP contribution in [-0.2, 0) is 4.74 Å². The van der Waals surface area contributed by atoms with E-state index < -0.39 is 0 Å². The molecule has 4 N–H and O–H groups in total. The van der Waals surface area contributed by atoms with E-state index in [-0.39, 0.29) is 0 Å². The van der Waals surface area contributed by atoms with E-state index in [2.05, 4.69) is 27.6 Å². The van der Waals surface area contributed by atoms with Crippen molar-refractivity contribution in [2.75, 3.05) is 24.0 Å². The number of nitrogens with zero attached hydrogens (tertiary/aromatic N) is 2. The summed E-state index contributed by atoms with van der Waals surface area (Å²) in [6.45, 7) is 3.87. The predicted octanol–water partition coefficient (Wildman–Crippen LogP) is 1.48. The first-order valence-electron chi connectivity index (χ1n) is 6.96. The highest BCUT2D eigenvalue weighted by atomic mass is 16.5. The predicted molar refractivity (Wildman–Crippen MR) is 73.8 cm³/mol. The Labute approximate surface area is 113 Å². The van der Waals surface area contributed by atoms with Crippen LogP contribution < -0.4 is 16.6 Å². The van der Waals surface area contributed by atoms with Crippen molar-refractivity contribution in [3.63, 3.8) is 0 Å². The van der Waals surface area contributed by atoms with Gasteiger partial charge in [-0.15, -0.1) is 0 Å². The van der Waals surface area contributed by atoms with Gasteiger partial charge < -0.3 is 15.5 Å². The van der Waals surface area contributed by atoms with Crippen LogP contribution in [0.25, 0.3) is 0 Å². The summed E-state index contributed by atoms with van der Waals surface area (Å²) in [5.41, 5.74) is 2.62. The third-order valence-corrected chi connectivity index (χ3v) is 3.88. The minimum atomic E-state index is 0.343. The Kier molecular flexibility index (Phi) is 3.52. The van der Waals surface area contributed by atoms with Gasteiger partial charge in [-0.2, -0.15) is 0 Å². The van der Waals surface area contributed by atoms with Crippen LogP contribution in [0.4, 0.5) is 11.6 Å². The van der Waals surface area contributed by atoms with Crippen LogP contribution in [0.1, 0.15) is 37.9 Å². The SMILES string of the molecule is CC(Nc1cc(NN)nc(C2CC2)n1)C1CCOC1. The van der Waals surface area contributed by atoms with Crippen molar-refractivity contribution in [1.29, 1.82) is 0 Å². The molecule has 1 aliphatic carbocycles. The maximum atomic E-state index is 5.47. The molecule has 2 heterocycles. The largest absolute Gasteiger partial charge is 0.381 e. The molecule has 2 unspecified atom stereocenters. The highest BCUT2D eigenvalue weighted by Gasteiger charge is 2.28. The Balaban J connectivity index is 1.73. The number of ether oxygens (including phenoxy) is 1. The van der Waals surface area contributed by atoms with Gasteiger partial charge in [-0.05, 0) is 26.2 Å². The van der Waals surface area contributed by atoms with Gasteiger partial charge in [-0.1, -0.05) is 0 Å². The standard InChI is InChI=1S/C13H21N5O/c1-8(10-4-5-19-7-10)15-11-6-12(18-14)17-13(16-11)9-2-3-9/h6,8-10H,2-5,7,14H2,1H3,(H2,15,16,17,18). The second kappa shape index (κ2) is 5.30. The minimum Gasteiger partial charge on any atom is -0.381 e. The zero-order valence-electron chi connectivity index (χ0n) is 11.2. The monoisotopic (exact) mass is 263 g/mol.